The molecule has 0 heterocycles. The van der Waals surface area contributed by atoms with Gasteiger partial charge in [-0.05, 0) is 46.6 Å². The van der Waals surface area contributed by atoms with E-state index in [0.29, 0.717) is 10.8 Å². The number of aryl methyl sites for hydroxylation is 1. The van der Waals surface area contributed by atoms with Crippen molar-refractivity contribution in [3.8, 4) is 5.75 Å². The highest BCUT2D eigenvalue weighted by Gasteiger charge is 2.09. The van der Waals surface area contributed by atoms with Crippen LogP contribution in [0.1, 0.15) is 11.1 Å². The number of hydrogen-bond acceptors (Lipinski definition) is 3. The molecule has 0 bridgehead atoms. The molecule has 0 aliphatic heterocycles. The highest BCUT2D eigenvalue weighted by Crippen LogP contribution is 2.32. The van der Waals surface area contributed by atoms with E-state index in [1.165, 1.54) is 6.21 Å². The van der Waals surface area contributed by atoms with Crippen molar-refractivity contribution in [1.82, 2.24) is 5.43 Å². The van der Waals surface area contributed by atoms with Crippen molar-refractivity contribution in [3.63, 3.8) is 0 Å². The topological polar surface area (TPSA) is 50.7 Å². The third-order valence-electron chi connectivity index (χ3n) is 2.84. The Balaban J connectivity index is 1.90. The predicted molar refractivity (Wildman–Crippen MR) is 99.3 cm³/mol. The Morgan fingerprint density at radius 1 is 1.35 bits per heavy atom. The van der Waals surface area contributed by atoms with Crippen molar-refractivity contribution >= 4 is 55.6 Å². The monoisotopic (exact) mass is 458 g/mol. The molecule has 0 aliphatic carbocycles. The van der Waals surface area contributed by atoms with Crippen LogP contribution in [-0.2, 0) is 4.79 Å². The zero-order chi connectivity index (χ0) is 16.8. The minimum Gasteiger partial charge on any atom is -0.482 e. The molecule has 0 spiro atoms. The first-order chi connectivity index (χ1) is 11.0. The van der Waals surface area contributed by atoms with E-state index in [1.807, 2.05) is 31.2 Å². The molecule has 2 aromatic rings. The van der Waals surface area contributed by atoms with Gasteiger partial charge < -0.3 is 4.74 Å². The van der Waals surface area contributed by atoms with Crippen LogP contribution in [0, 0.1) is 6.92 Å². The maximum absolute atomic E-state index is 11.8. The van der Waals surface area contributed by atoms with Crippen LogP contribution in [0.3, 0.4) is 0 Å². The standard InChI is InChI=1S/C16H13Br2ClN2O2/c1-10-6-12(17)7-13(18)16(10)23-9-15(22)21-20-8-11-4-2-3-5-14(11)19/h2-8H,9H2,1H3,(H,21,22). The van der Waals surface area contributed by atoms with Gasteiger partial charge in [-0.2, -0.15) is 5.10 Å². The maximum atomic E-state index is 11.8. The Labute approximate surface area is 156 Å². The van der Waals surface area contributed by atoms with E-state index in [2.05, 4.69) is 42.4 Å². The number of hydrazone groups is 1. The van der Waals surface area contributed by atoms with Gasteiger partial charge in [0.25, 0.3) is 5.91 Å². The van der Waals surface area contributed by atoms with Gasteiger partial charge in [0, 0.05) is 15.1 Å². The fourth-order valence-corrected chi connectivity index (χ4v) is 3.53. The van der Waals surface area contributed by atoms with E-state index in [4.69, 9.17) is 16.3 Å². The lowest BCUT2D eigenvalue weighted by molar-refractivity contribution is -0.123. The SMILES string of the molecule is Cc1cc(Br)cc(Br)c1OCC(=O)NN=Cc1ccccc1Cl. The van der Waals surface area contributed by atoms with Crippen LogP contribution in [-0.4, -0.2) is 18.7 Å². The molecule has 1 N–H and O–H groups in total. The lowest BCUT2D eigenvalue weighted by Crippen LogP contribution is -2.24. The summed E-state index contributed by atoms with van der Waals surface area (Å²) in [6.07, 6.45) is 1.49. The van der Waals surface area contributed by atoms with E-state index in [-0.39, 0.29) is 12.5 Å². The minimum atomic E-state index is -0.359. The van der Waals surface area contributed by atoms with Gasteiger partial charge in [0.2, 0.25) is 0 Å². The summed E-state index contributed by atoms with van der Waals surface area (Å²) in [5.74, 6) is 0.265. The fourth-order valence-electron chi connectivity index (χ4n) is 1.80. The van der Waals surface area contributed by atoms with Gasteiger partial charge in [0.15, 0.2) is 6.61 Å². The summed E-state index contributed by atoms with van der Waals surface area (Å²) in [5, 5.41) is 4.43. The third kappa shape index (κ3) is 5.34. The van der Waals surface area contributed by atoms with Crippen LogP contribution in [0.15, 0.2) is 50.4 Å². The number of halogens is 3. The van der Waals surface area contributed by atoms with E-state index in [1.54, 1.807) is 12.1 Å². The average molecular weight is 461 g/mol. The Kier molecular flexibility index (Phi) is 6.62. The molecular weight excluding hydrogens is 447 g/mol. The molecule has 7 heteroatoms. The van der Waals surface area contributed by atoms with E-state index >= 15 is 0 Å². The summed E-state index contributed by atoms with van der Waals surface area (Å²) in [4.78, 5) is 11.8. The van der Waals surface area contributed by atoms with Crippen LogP contribution >= 0.6 is 43.5 Å². The summed E-state index contributed by atoms with van der Waals surface area (Å²) >= 11 is 12.8. The number of benzene rings is 2. The predicted octanol–water partition coefficient (Wildman–Crippen LogP) is 4.70. The number of carbonyl (C=O) groups is 1. The van der Waals surface area contributed by atoms with Gasteiger partial charge >= 0.3 is 0 Å². The lowest BCUT2D eigenvalue weighted by Gasteiger charge is -2.10. The molecular formula is C16H13Br2ClN2O2. The second-order valence-electron chi connectivity index (χ2n) is 4.64. The summed E-state index contributed by atoms with van der Waals surface area (Å²) in [7, 11) is 0. The average Bonchev–Trinajstić information content (AvgIpc) is 2.48. The summed E-state index contributed by atoms with van der Waals surface area (Å²) < 4.78 is 7.24. The van der Waals surface area contributed by atoms with Crippen LogP contribution < -0.4 is 10.2 Å². The van der Waals surface area contributed by atoms with Gasteiger partial charge in [-0.3, -0.25) is 4.79 Å². The second kappa shape index (κ2) is 8.47. The van der Waals surface area contributed by atoms with Gasteiger partial charge in [0.05, 0.1) is 10.7 Å². The Morgan fingerprint density at radius 3 is 2.78 bits per heavy atom. The lowest BCUT2D eigenvalue weighted by atomic mass is 10.2. The summed E-state index contributed by atoms with van der Waals surface area (Å²) in [5.41, 5.74) is 4.04. The van der Waals surface area contributed by atoms with Crippen LogP contribution in [0.5, 0.6) is 5.75 Å². The quantitative estimate of drug-likeness (QED) is 0.519. The van der Waals surface area contributed by atoms with E-state index < -0.39 is 0 Å². The number of amides is 1. The van der Waals surface area contributed by atoms with Crippen LogP contribution in [0.2, 0.25) is 5.02 Å². The molecule has 0 atom stereocenters. The smallest absolute Gasteiger partial charge is 0.277 e. The summed E-state index contributed by atoms with van der Waals surface area (Å²) in [6, 6.07) is 11.0. The number of nitrogens with one attached hydrogen (secondary N) is 1. The van der Waals surface area contributed by atoms with E-state index in [0.717, 1.165) is 20.1 Å². The zero-order valence-electron chi connectivity index (χ0n) is 12.1. The number of carbonyl (C=O) groups excluding carboxylic acids is 1. The molecule has 0 aromatic heterocycles. The normalized spacial score (nSPS) is 10.8. The Bertz CT molecular complexity index is 728. The molecule has 2 rings (SSSR count). The van der Waals surface area contributed by atoms with Gasteiger partial charge in [-0.1, -0.05) is 45.7 Å². The van der Waals surface area contributed by atoms with Gasteiger partial charge in [0.1, 0.15) is 5.75 Å². The van der Waals surface area contributed by atoms with Gasteiger partial charge in [-0.25, -0.2) is 5.43 Å². The largest absolute Gasteiger partial charge is 0.482 e. The molecule has 2 aromatic carbocycles. The molecule has 0 aliphatic rings. The number of rotatable bonds is 5. The van der Waals surface area contributed by atoms with Crippen LogP contribution in [0.25, 0.3) is 0 Å². The Hall–Kier alpha value is -1.37. The highest BCUT2D eigenvalue weighted by molar-refractivity contribution is 9.11. The first-order valence-corrected chi connectivity index (χ1v) is 8.58. The zero-order valence-corrected chi connectivity index (χ0v) is 16.1. The highest BCUT2D eigenvalue weighted by atomic mass is 79.9. The first-order valence-electron chi connectivity index (χ1n) is 6.62. The van der Waals surface area contributed by atoms with Crippen molar-refractivity contribution in [3.05, 3.63) is 61.5 Å². The van der Waals surface area contributed by atoms with Gasteiger partial charge in [-0.15, -0.1) is 0 Å². The Morgan fingerprint density at radius 2 is 2.09 bits per heavy atom. The number of ether oxygens (including phenoxy) is 1. The summed E-state index contributed by atoms with van der Waals surface area (Å²) in [6.45, 7) is 1.76. The van der Waals surface area contributed by atoms with Crippen molar-refractivity contribution in [1.29, 1.82) is 0 Å². The maximum Gasteiger partial charge on any atom is 0.277 e. The second-order valence-corrected chi connectivity index (χ2v) is 6.81. The van der Waals surface area contributed by atoms with Crippen molar-refractivity contribution < 1.29 is 9.53 Å². The molecule has 120 valence electrons. The number of nitrogens with zero attached hydrogens (tertiary/aromatic N) is 1. The molecule has 0 saturated carbocycles. The molecule has 1 amide bonds. The first kappa shape index (κ1) is 18.0. The van der Waals surface area contributed by atoms with Crippen molar-refractivity contribution in [2.75, 3.05) is 6.61 Å². The fraction of sp³-hybridized carbons (Fsp3) is 0.125. The van der Waals surface area contributed by atoms with E-state index in [9.17, 15) is 4.79 Å². The molecule has 0 fully saturated rings. The minimum absolute atomic E-state index is 0.138. The van der Waals surface area contributed by atoms with Crippen LogP contribution in [0.4, 0.5) is 0 Å². The third-order valence-corrected chi connectivity index (χ3v) is 4.23. The van der Waals surface area contributed by atoms with Crippen molar-refractivity contribution in [2.45, 2.75) is 6.92 Å². The molecule has 0 radical (unpaired) electrons. The molecule has 0 unspecified atom stereocenters. The molecule has 4 nitrogen and oxygen atoms in total. The molecule has 0 saturated heterocycles. The molecule has 23 heavy (non-hydrogen) atoms. The van der Waals surface area contributed by atoms with Crippen molar-refractivity contribution in [2.24, 2.45) is 5.10 Å². The number of hydrogen-bond donors (Lipinski definition) is 1.